The molecule has 6 heteroatoms. The maximum Gasteiger partial charge on any atom is 0.258 e. The molecule has 0 saturated heterocycles. The van der Waals surface area contributed by atoms with Crippen LogP contribution in [0.5, 0.6) is 17.2 Å². The highest BCUT2D eigenvalue weighted by molar-refractivity contribution is 6.30. The van der Waals surface area contributed by atoms with Gasteiger partial charge in [-0.1, -0.05) is 11.6 Å². The molecule has 1 amide bonds. The molecule has 0 spiro atoms. The number of fused-ring (bicyclic) bond motifs is 1. The van der Waals surface area contributed by atoms with Gasteiger partial charge >= 0.3 is 0 Å². The molecule has 1 unspecified atom stereocenters. The highest BCUT2D eigenvalue weighted by Crippen LogP contribution is 2.41. The summed E-state index contributed by atoms with van der Waals surface area (Å²) in [7, 11) is 1.61. The maximum atomic E-state index is 12.4. The van der Waals surface area contributed by atoms with E-state index in [4.69, 9.17) is 25.8 Å². The second-order valence-electron chi connectivity index (χ2n) is 6.83. The molecule has 0 aliphatic carbocycles. The van der Waals surface area contributed by atoms with E-state index in [0.717, 1.165) is 17.1 Å². The van der Waals surface area contributed by atoms with Crippen molar-refractivity contribution in [1.29, 1.82) is 0 Å². The zero-order valence-corrected chi connectivity index (χ0v) is 15.8. The van der Waals surface area contributed by atoms with Crippen molar-refractivity contribution < 1.29 is 19.0 Å². The van der Waals surface area contributed by atoms with Crippen molar-refractivity contribution >= 4 is 17.5 Å². The smallest absolute Gasteiger partial charge is 0.258 e. The summed E-state index contributed by atoms with van der Waals surface area (Å²) in [6, 6.07) is 12.3. The fourth-order valence-corrected chi connectivity index (χ4v) is 3.13. The largest absolute Gasteiger partial charge is 0.497 e. The number of nitrogens with one attached hydrogen (secondary N) is 1. The van der Waals surface area contributed by atoms with Gasteiger partial charge in [-0.25, -0.2) is 0 Å². The van der Waals surface area contributed by atoms with Crippen molar-refractivity contribution in [2.75, 3.05) is 13.7 Å². The highest BCUT2D eigenvalue weighted by Gasteiger charge is 2.34. The number of hydrogen-bond acceptors (Lipinski definition) is 4. The number of benzene rings is 2. The third kappa shape index (κ3) is 4.41. The van der Waals surface area contributed by atoms with Crippen molar-refractivity contribution in [3.05, 3.63) is 53.1 Å². The summed E-state index contributed by atoms with van der Waals surface area (Å²) in [5.41, 5.74) is 0.528. The quantitative estimate of drug-likeness (QED) is 0.853. The lowest BCUT2D eigenvalue weighted by Crippen LogP contribution is -2.42. The van der Waals surface area contributed by atoms with Crippen LogP contribution < -0.4 is 19.5 Å². The van der Waals surface area contributed by atoms with Gasteiger partial charge in [-0.3, -0.25) is 4.79 Å². The molecule has 1 aliphatic heterocycles. The van der Waals surface area contributed by atoms with Gasteiger partial charge in [0.2, 0.25) is 0 Å². The topological polar surface area (TPSA) is 56.8 Å². The molecule has 5 nitrogen and oxygen atoms in total. The molecule has 1 N–H and O–H groups in total. The number of carbonyl (C=O) groups is 1. The molecule has 2 aromatic carbocycles. The number of rotatable bonds is 5. The summed E-state index contributed by atoms with van der Waals surface area (Å²) in [6.07, 6.45) is 0.653. The van der Waals surface area contributed by atoms with Gasteiger partial charge in [-0.15, -0.1) is 0 Å². The fourth-order valence-electron chi connectivity index (χ4n) is 3.00. The molecule has 0 saturated carbocycles. The number of carbonyl (C=O) groups excluding carboxylic acids is 1. The first-order chi connectivity index (χ1) is 12.4. The van der Waals surface area contributed by atoms with Gasteiger partial charge in [0.1, 0.15) is 22.8 Å². The van der Waals surface area contributed by atoms with Crippen molar-refractivity contribution in [3.63, 3.8) is 0 Å². The molecular formula is C20H22ClNO4. The Kier molecular flexibility index (Phi) is 5.28. The molecule has 2 aromatic rings. The third-order valence-electron chi connectivity index (χ3n) is 4.19. The minimum Gasteiger partial charge on any atom is -0.497 e. The minimum atomic E-state index is -0.378. The van der Waals surface area contributed by atoms with Crippen LogP contribution in [0.2, 0.25) is 5.02 Å². The number of amides is 1. The first kappa shape index (κ1) is 18.4. The third-order valence-corrected chi connectivity index (χ3v) is 4.45. The number of halogens is 1. The molecular weight excluding hydrogens is 354 g/mol. The maximum absolute atomic E-state index is 12.4. The van der Waals surface area contributed by atoms with Gasteiger partial charge < -0.3 is 19.5 Å². The Morgan fingerprint density at radius 2 is 1.92 bits per heavy atom. The molecule has 1 heterocycles. The van der Waals surface area contributed by atoms with E-state index in [2.05, 4.69) is 5.32 Å². The van der Waals surface area contributed by atoms with Crippen molar-refractivity contribution in [2.24, 2.45) is 0 Å². The molecule has 0 bridgehead atoms. The van der Waals surface area contributed by atoms with Crippen LogP contribution in [0.4, 0.5) is 0 Å². The zero-order valence-electron chi connectivity index (χ0n) is 15.0. The van der Waals surface area contributed by atoms with Gasteiger partial charge in [0.05, 0.1) is 13.2 Å². The van der Waals surface area contributed by atoms with E-state index in [1.54, 1.807) is 31.4 Å². The minimum absolute atomic E-state index is 0.0707. The fraction of sp³-hybridized carbons (Fsp3) is 0.350. The van der Waals surface area contributed by atoms with Gasteiger partial charge in [-0.05, 0) is 56.3 Å². The van der Waals surface area contributed by atoms with E-state index in [9.17, 15) is 4.79 Å². The van der Waals surface area contributed by atoms with E-state index < -0.39 is 0 Å². The standard InChI is InChI=1S/C20H22ClNO4/c1-20(2)11-17(16-10-15(24-3)8-9-18(16)26-20)22-19(23)12-25-14-6-4-13(21)5-7-14/h4-10,17H,11-12H2,1-3H3,(H,22,23). The lowest BCUT2D eigenvalue weighted by Gasteiger charge is -2.38. The molecule has 0 radical (unpaired) electrons. The molecule has 3 rings (SSSR count). The van der Waals surface area contributed by atoms with E-state index in [1.807, 2.05) is 32.0 Å². The Morgan fingerprint density at radius 1 is 1.23 bits per heavy atom. The van der Waals surface area contributed by atoms with Crippen molar-refractivity contribution in [1.82, 2.24) is 5.32 Å². The van der Waals surface area contributed by atoms with Crippen molar-refractivity contribution in [2.45, 2.75) is 31.9 Å². The number of hydrogen-bond donors (Lipinski definition) is 1. The van der Waals surface area contributed by atoms with Gasteiger partial charge in [0, 0.05) is 17.0 Å². The molecule has 1 aliphatic rings. The summed E-state index contributed by atoms with van der Waals surface area (Å²) >= 11 is 5.85. The van der Waals surface area contributed by atoms with E-state index in [0.29, 0.717) is 17.2 Å². The lowest BCUT2D eigenvalue weighted by atomic mass is 9.89. The van der Waals surface area contributed by atoms with Crippen LogP contribution in [0.25, 0.3) is 0 Å². The van der Waals surface area contributed by atoms with Crippen molar-refractivity contribution in [3.8, 4) is 17.2 Å². The first-order valence-corrected chi connectivity index (χ1v) is 8.79. The van der Waals surface area contributed by atoms with Gasteiger partial charge in [0.25, 0.3) is 5.91 Å². The van der Waals surface area contributed by atoms with E-state index in [-0.39, 0.29) is 24.2 Å². The first-order valence-electron chi connectivity index (χ1n) is 8.41. The van der Waals surface area contributed by atoms with E-state index >= 15 is 0 Å². The zero-order chi connectivity index (χ0) is 18.7. The van der Waals surface area contributed by atoms with Crippen LogP contribution in [-0.4, -0.2) is 25.2 Å². The van der Waals surface area contributed by atoms with Crippen LogP contribution in [0.15, 0.2) is 42.5 Å². The molecule has 0 fully saturated rings. The molecule has 138 valence electrons. The van der Waals surface area contributed by atoms with Gasteiger partial charge in [0.15, 0.2) is 6.61 Å². The Hall–Kier alpha value is -2.40. The normalized spacial score (nSPS) is 17.6. The summed E-state index contributed by atoms with van der Waals surface area (Å²) in [5, 5.41) is 3.66. The predicted octanol–water partition coefficient (Wildman–Crippen LogP) is 4.15. The van der Waals surface area contributed by atoms with Crippen LogP contribution in [0.3, 0.4) is 0 Å². The number of ether oxygens (including phenoxy) is 3. The summed E-state index contributed by atoms with van der Waals surface area (Å²) in [5.74, 6) is 1.88. The second-order valence-corrected chi connectivity index (χ2v) is 7.27. The van der Waals surface area contributed by atoms with E-state index in [1.165, 1.54) is 0 Å². The monoisotopic (exact) mass is 375 g/mol. The SMILES string of the molecule is COc1ccc2c(c1)C(NC(=O)COc1ccc(Cl)cc1)CC(C)(C)O2. The molecule has 0 aromatic heterocycles. The van der Waals surface area contributed by atoms with Crippen LogP contribution in [0, 0.1) is 0 Å². The molecule has 1 atom stereocenters. The average molecular weight is 376 g/mol. The molecule has 26 heavy (non-hydrogen) atoms. The Morgan fingerprint density at radius 3 is 2.62 bits per heavy atom. The summed E-state index contributed by atoms with van der Waals surface area (Å²) in [6.45, 7) is 3.94. The van der Waals surface area contributed by atoms with Gasteiger partial charge in [-0.2, -0.15) is 0 Å². The second kappa shape index (κ2) is 7.46. The Labute approximate surface area is 158 Å². The summed E-state index contributed by atoms with van der Waals surface area (Å²) in [4.78, 5) is 12.4. The average Bonchev–Trinajstić information content (AvgIpc) is 2.60. The lowest BCUT2D eigenvalue weighted by molar-refractivity contribution is -0.124. The Balaban J connectivity index is 1.70. The number of methoxy groups -OCH3 is 1. The highest BCUT2D eigenvalue weighted by atomic mass is 35.5. The van der Waals surface area contributed by atoms with Crippen LogP contribution in [0.1, 0.15) is 31.9 Å². The predicted molar refractivity (Wildman–Crippen MR) is 100 cm³/mol. The van der Waals surface area contributed by atoms with Crippen LogP contribution >= 0.6 is 11.6 Å². The Bertz CT molecular complexity index is 789. The summed E-state index contributed by atoms with van der Waals surface area (Å²) < 4.78 is 16.8. The van der Waals surface area contributed by atoms with Crippen LogP contribution in [-0.2, 0) is 4.79 Å².